The Labute approximate surface area is 162 Å². The van der Waals surface area contributed by atoms with E-state index < -0.39 is 11.7 Å². The number of methoxy groups -OCH3 is 1. The minimum Gasteiger partial charge on any atom is -0.481 e. The van der Waals surface area contributed by atoms with Crippen molar-refractivity contribution in [3.05, 3.63) is 17.4 Å². The number of hydrogen-bond donors (Lipinski definition) is 3. The molecule has 1 aromatic heterocycles. The van der Waals surface area contributed by atoms with E-state index in [4.69, 9.17) is 4.74 Å². The number of carbonyl (C=O) groups excluding carboxylic acids is 1. The van der Waals surface area contributed by atoms with E-state index in [1.165, 1.54) is 13.2 Å². The molecule has 1 aromatic rings. The van der Waals surface area contributed by atoms with Crippen molar-refractivity contribution in [2.45, 2.75) is 57.0 Å². The van der Waals surface area contributed by atoms with E-state index in [1.807, 2.05) is 0 Å². The highest BCUT2D eigenvalue weighted by Crippen LogP contribution is 2.36. The summed E-state index contributed by atoms with van der Waals surface area (Å²) >= 11 is 0. The number of rotatable bonds is 7. The number of pyridine rings is 1. The first-order valence-corrected chi connectivity index (χ1v) is 9.74. The van der Waals surface area contributed by atoms with Crippen LogP contribution in [0.5, 0.6) is 5.88 Å². The lowest BCUT2D eigenvalue weighted by atomic mass is 9.87. The van der Waals surface area contributed by atoms with Crippen LogP contribution in [0.3, 0.4) is 0 Å². The fourth-order valence-corrected chi connectivity index (χ4v) is 3.70. The van der Waals surface area contributed by atoms with Crippen LogP contribution in [0.15, 0.2) is 6.07 Å². The topological polar surface area (TPSA) is 75.3 Å². The third-order valence-corrected chi connectivity index (χ3v) is 5.43. The normalized spacial score (nSPS) is 22.1. The van der Waals surface area contributed by atoms with Gasteiger partial charge in [-0.3, -0.25) is 4.79 Å². The molecule has 9 heteroatoms. The van der Waals surface area contributed by atoms with E-state index in [0.717, 1.165) is 19.4 Å². The molecule has 1 aliphatic heterocycles. The molecule has 0 bridgehead atoms. The molecule has 3 N–H and O–H groups in total. The SMILES string of the molecule is COc1nc(NCC2CCC(F)(F)CC2)c(F)cc1CNC(=O)[C@@H]1CCCN1. The Kier molecular flexibility index (Phi) is 6.64. The van der Waals surface area contributed by atoms with Crippen LogP contribution < -0.4 is 20.7 Å². The minimum atomic E-state index is -2.58. The van der Waals surface area contributed by atoms with Gasteiger partial charge in [-0.25, -0.2) is 13.2 Å². The van der Waals surface area contributed by atoms with Gasteiger partial charge in [-0.15, -0.1) is 0 Å². The van der Waals surface area contributed by atoms with Gasteiger partial charge in [0.05, 0.1) is 13.2 Å². The highest BCUT2D eigenvalue weighted by atomic mass is 19.3. The summed E-state index contributed by atoms with van der Waals surface area (Å²) in [6, 6.07) is 1.07. The van der Waals surface area contributed by atoms with Crippen molar-refractivity contribution in [2.75, 3.05) is 25.5 Å². The predicted molar refractivity (Wildman–Crippen MR) is 99.0 cm³/mol. The zero-order valence-corrected chi connectivity index (χ0v) is 16.0. The van der Waals surface area contributed by atoms with Crippen molar-refractivity contribution >= 4 is 11.7 Å². The molecule has 0 spiro atoms. The average Bonchev–Trinajstić information content (AvgIpc) is 3.21. The van der Waals surface area contributed by atoms with Crippen molar-refractivity contribution < 1.29 is 22.7 Å². The summed E-state index contributed by atoms with van der Waals surface area (Å²) in [5.74, 6) is -2.96. The first kappa shape index (κ1) is 20.7. The van der Waals surface area contributed by atoms with Gasteiger partial charge in [0.1, 0.15) is 0 Å². The van der Waals surface area contributed by atoms with Crippen molar-refractivity contribution in [3.63, 3.8) is 0 Å². The number of nitrogens with zero attached hydrogens (tertiary/aromatic N) is 1. The largest absolute Gasteiger partial charge is 0.481 e. The number of halogens is 3. The van der Waals surface area contributed by atoms with Crippen molar-refractivity contribution in [3.8, 4) is 5.88 Å². The molecule has 0 unspecified atom stereocenters. The van der Waals surface area contributed by atoms with Gasteiger partial charge < -0.3 is 20.7 Å². The van der Waals surface area contributed by atoms with Gasteiger partial charge in [-0.1, -0.05) is 0 Å². The van der Waals surface area contributed by atoms with Crippen LogP contribution in [0.25, 0.3) is 0 Å². The molecular formula is C19H27F3N4O2. The maximum absolute atomic E-state index is 14.4. The molecular weight excluding hydrogens is 373 g/mol. The van der Waals surface area contributed by atoms with Crippen LogP contribution >= 0.6 is 0 Å². The van der Waals surface area contributed by atoms with E-state index in [-0.39, 0.29) is 49.0 Å². The predicted octanol–water partition coefficient (Wildman–Crippen LogP) is 2.83. The Bertz CT molecular complexity index is 686. The Morgan fingerprint density at radius 1 is 1.36 bits per heavy atom. The molecule has 2 fully saturated rings. The van der Waals surface area contributed by atoms with Crippen LogP contribution in [0.4, 0.5) is 19.0 Å². The quantitative estimate of drug-likeness (QED) is 0.656. The molecule has 6 nitrogen and oxygen atoms in total. The Balaban J connectivity index is 1.57. The standard InChI is InChI=1S/C19H27F3N4O2/c1-28-18-13(11-25-17(27)15-3-2-8-23-15)9-14(20)16(26-18)24-10-12-4-6-19(21,22)7-5-12/h9,12,15,23H,2-8,10-11H2,1H3,(H,24,26)(H,25,27)/t15-/m0/s1. The van der Waals surface area contributed by atoms with Crippen LogP contribution in [-0.4, -0.2) is 43.1 Å². The molecule has 2 aliphatic rings. The lowest BCUT2D eigenvalue weighted by molar-refractivity contribution is -0.122. The molecule has 1 amide bonds. The monoisotopic (exact) mass is 400 g/mol. The average molecular weight is 400 g/mol. The van der Waals surface area contributed by atoms with Gasteiger partial charge in [0.15, 0.2) is 11.6 Å². The summed E-state index contributed by atoms with van der Waals surface area (Å²) < 4.78 is 46.1. The van der Waals surface area contributed by atoms with Crippen LogP contribution in [0.1, 0.15) is 44.1 Å². The van der Waals surface area contributed by atoms with Gasteiger partial charge in [0.25, 0.3) is 0 Å². The molecule has 1 aliphatic carbocycles. The summed E-state index contributed by atoms with van der Waals surface area (Å²) in [6.07, 6.45) is 2.28. The highest BCUT2D eigenvalue weighted by molar-refractivity contribution is 5.82. The minimum absolute atomic E-state index is 0.0294. The third kappa shape index (κ3) is 5.27. The van der Waals surface area contributed by atoms with Gasteiger partial charge in [0, 0.05) is 31.5 Å². The summed E-state index contributed by atoms with van der Waals surface area (Å²) in [4.78, 5) is 16.3. The number of alkyl halides is 2. The van der Waals surface area contributed by atoms with Crippen molar-refractivity contribution in [2.24, 2.45) is 5.92 Å². The van der Waals surface area contributed by atoms with E-state index in [9.17, 15) is 18.0 Å². The fraction of sp³-hybridized carbons (Fsp3) is 0.684. The lowest BCUT2D eigenvalue weighted by Crippen LogP contribution is -2.40. The van der Waals surface area contributed by atoms with E-state index in [2.05, 4.69) is 20.9 Å². The lowest BCUT2D eigenvalue weighted by Gasteiger charge is -2.28. The third-order valence-electron chi connectivity index (χ3n) is 5.43. The Morgan fingerprint density at radius 2 is 2.11 bits per heavy atom. The molecule has 0 radical (unpaired) electrons. The van der Waals surface area contributed by atoms with Crippen LogP contribution in [-0.2, 0) is 11.3 Å². The molecule has 28 heavy (non-hydrogen) atoms. The van der Waals surface area contributed by atoms with Crippen molar-refractivity contribution in [1.29, 1.82) is 0 Å². The Hall–Kier alpha value is -2.03. The number of nitrogens with one attached hydrogen (secondary N) is 3. The number of hydrogen-bond acceptors (Lipinski definition) is 5. The molecule has 0 aromatic carbocycles. The van der Waals surface area contributed by atoms with Gasteiger partial charge in [0.2, 0.25) is 17.7 Å². The van der Waals surface area contributed by atoms with E-state index in [1.54, 1.807) is 0 Å². The van der Waals surface area contributed by atoms with E-state index in [0.29, 0.717) is 24.9 Å². The van der Waals surface area contributed by atoms with Gasteiger partial charge in [-0.05, 0) is 44.2 Å². The maximum atomic E-state index is 14.4. The number of ether oxygens (including phenoxy) is 1. The zero-order valence-electron chi connectivity index (χ0n) is 16.0. The smallest absolute Gasteiger partial charge is 0.248 e. The second-order valence-corrected chi connectivity index (χ2v) is 7.53. The zero-order chi connectivity index (χ0) is 20.1. The Morgan fingerprint density at radius 3 is 2.75 bits per heavy atom. The summed E-state index contributed by atoms with van der Waals surface area (Å²) in [6.45, 7) is 1.31. The fourth-order valence-electron chi connectivity index (χ4n) is 3.70. The summed E-state index contributed by atoms with van der Waals surface area (Å²) in [5.41, 5.74) is 0.439. The highest BCUT2D eigenvalue weighted by Gasteiger charge is 2.34. The maximum Gasteiger partial charge on any atom is 0.248 e. The van der Waals surface area contributed by atoms with Crippen LogP contribution in [0, 0.1) is 11.7 Å². The number of carbonyl (C=O) groups is 1. The van der Waals surface area contributed by atoms with Crippen LogP contribution in [0.2, 0.25) is 0 Å². The number of aromatic nitrogens is 1. The second kappa shape index (κ2) is 8.98. The second-order valence-electron chi connectivity index (χ2n) is 7.53. The number of anilines is 1. The number of amides is 1. The van der Waals surface area contributed by atoms with Gasteiger partial charge >= 0.3 is 0 Å². The van der Waals surface area contributed by atoms with Crippen molar-refractivity contribution in [1.82, 2.24) is 15.6 Å². The molecule has 2 heterocycles. The first-order chi connectivity index (χ1) is 13.4. The summed E-state index contributed by atoms with van der Waals surface area (Å²) in [5, 5.41) is 8.79. The molecule has 156 valence electrons. The molecule has 1 saturated heterocycles. The first-order valence-electron chi connectivity index (χ1n) is 9.74. The van der Waals surface area contributed by atoms with E-state index >= 15 is 0 Å². The molecule has 3 rings (SSSR count). The summed E-state index contributed by atoms with van der Waals surface area (Å²) in [7, 11) is 1.43. The molecule has 1 atom stereocenters. The molecule has 1 saturated carbocycles. The van der Waals surface area contributed by atoms with Gasteiger partial charge in [-0.2, -0.15) is 4.98 Å².